The van der Waals surface area contributed by atoms with Crippen molar-refractivity contribution >= 4 is 47.8 Å². The van der Waals surface area contributed by atoms with E-state index in [0.29, 0.717) is 0 Å². The molecule has 0 aliphatic heterocycles. The molecule has 0 saturated carbocycles. The smallest absolute Gasteiger partial charge is 0.147 e. The molecule has 0 aromatic carbocycles. The summed E-state index contributed by atoms with van der Waals surface area (Å²) in [6.45, 7) is 17.6. The molecule has 0 spiro atoms. The molecule has 6 heteroatoms. The van der Waals surface area contributed by atoms with Crippen LogP contribution >= 0.6 is 24.8 Å². The molecule has 0 nitrogen and oxygen atoms in total. The maximum atomic E-state index is 2.71. The monoisotopic (exact) mass is 496 g/mol. The summed E-state index contributed by atoms with van der Waals surface area (Å²) in [5.74, 6) is 0. The zero-order valence-corrected chi connectivity index (χ0v) is 24.3. The van der Waals surface area contributed by atoms with Gasteiger partial charge in [-0.2, -0.15) is 0 Å². The van der Waals surface area contributed by atoms with Gasteiger partial charge in [-0.1, -0.05) is 0 Å². The summed E-state index contributed by atoms with van der Waals surface area (Å²) < 4.78 is 9.25. The Morgan fingerprint density at radius 3 is 1.29 bits per heavy atom. The number of hydrogen-bond donors (Lipinski definition) is 0. The Labute approximate surface area is 166 Å². The van der Waals surface area contributed by atoms with E-state index in [2.05, 4.69) is 79.7 Å². The molecule has 2 aliphatic carbocycles. The Hall–Kier alpha value is 1.07. The molecule has 138 valence electrons. The van der Waals surface area contributed by atoms with Crippen LogP contribution in [0, 0.1) is 0 Å². The average molecular weight is 499 g/mol. The van der Waals surface area contributed by atoms with Crippen LogP contribution in [0.3, 0.4) is 0 Å². The van der Waals surface area contributed by atoms with Gasteiger partial charge in [0.1, 0.15) is 0 Å². The average Bonchev–Trinajstić information content (AvgIpc) is 2.97. The summed E-state index contributed by atoms with van der Waals surface area (Å²) in [5, 5.41) is 3.57. The Morgan fingerprint density at radius 2 is 1.04 bits per heavy atom. The second kappa shape index (κ2) is 7.60. The zero-order valence-electron chi connectivity index (χ0n) is 16.7. The molecule has 0 unspecified atom stereocenters. The van der Waals surface area contributed by atoms with Crippen LogP contribution in [0.25, 0.3) is 0 Å². The van der Waals surface area contributed by atoms with E-state index in [1.54, 1.807) is 10.4 Å². The summed E-state index contributed by atoms with van der Waals surface area (Å²) in [6, 6.07) is 0. The molecule has 0 bridgehead atoms. The van der Waals surface area contributed by atoms with Crippen LogP contribution in [-0.4, -0.2) is 23.0 Å². The summed E-state index contributed by atoms with van der Waals surface area (Å²) >= 11 is -2.99. The van der Waals surface area contributed by atoms with Crippen molar-refractivity contribution < 1.29 is 17.4 Å². The van der Waals surface area contributed by atoms with Crippen molar-refractivity contribution in [3.05, 3.63) is 41.3 Å². The van der Waals surface area contributed by atoms with Crippen LogP contribution in [0.15, 0.2) is 41.3 Å². The predicted molar refractivity (Wildman–Crippen MR) is 123 cm³/mol. The van der Waals surface area contributed by atoms with Crippen LogP contribution < -0.4 is 0 Å². The van der Waals surface area contributed by atoms with Gasteiger partial charge < -0.3 is 0 Å². The van der Waals surface area contributed by atoms with E-state index in [1.807, 2.05) is 6.56 Å². The van der Waals surface area contributed by atoms with Gasteiger partial charge in [0, 0.05) is 0 Å². The number of rotatable bonds is 4. The zero-order chi connectivity index (χ0) is 17.0. The first kappa shape index (κ1) is 25.1. The molecule has 0 amide bonds. The Bertz CT molecular complexity index is 639. The number of halogens is 2. The van der Waals surface area contributed by atoms with Gasteiger partial charge in [-0.25, -0.2) is 0 Å². The van der Waals surface area contributed by atoms with E-state index in [-0.39, 0.29) is 24.8 Å². The number of allylic oxidation sites excluding steroid dienone is 8. The third-order valence-corrected chi connectivity index (χ3v) is 27.7. The van der Waals surface area contributed by atoms with Crippen LogP contribution in [0.5, 0.6) is 0 Å². The fraction of sp³-hybridized carbons (Fsp3) is 0.556. The van der Waals surface area contributed by atoms with Crippen molar-refractivity contribution in [3.8, 4) is 0 Å². The standard InChI is InChI=1S/2C8H13Si.2CH3.2ClH.H2Si.Zr/c2*1-9(2,3)8-6-4-5-7-8;;;;;;/h2*4,6H,5H2,1-3H3;2*1H3;2*1H;1H2;. The van der Waals surface area contributed by atoms with E-state index in [0.717, 1.165) is 0 Å². The van der Waals surface area contributed by atoms with Crippen molar-refractivity contribution in [1.82, 2.24) is 0 Å². The van der Waals surface area contributed by atoms with E-state index in [1.165, 1.54) is 12.8 Å². The number of hydrogen-bond acceptors (Lipinski definition) is 0. The molecule has 0 aromatic heterocycles. The van der Waals surface area contributed by atoms with Crippen molar-refractivity contribution in [1.29, 1.82) is 0 Å². The maximum absolute atomic E-state index is 2.99. The fourth-order valence-electron chi connectivity index (χ4n) is 4.12. The van der Waals surface area contributed by atoms with Gasteiger partial charge in [0.05, 0.1) is 0 Å². The Kier molecular flexibility index (Phi) is 7.94. The van der Waals surface area contributed by atoms with Crippen molar-refractivity contribution in [3.63, 3.8) is 0 Å². The van der Waals surface area contributed by atoms with E-state index in [9.17, 15) is 0 Å². The molecular formula is C18H36Cl2Si3Zr. The quantitative estimate of drug-likeness (QED) is 0.396. The van der Waals surface area contributed by atoms with Crippen molar-refractivity contribution in [2.75, 3.05) is 0 Å². The van der Waals surface area contributed by atoms with E-state index < -0.39 is 33.5 Å². The van der Waals surface area contributed by atoms with Crippen molar-refractivity contribution in [2.24, 2.45) is 0 Å². The molecular weight excluding hydrogens is 463 g/mol. The summed E-state index contributed by atoms with van der Waals surface area (Å²) in [6.07, 6.45) is 12.4. The first-order valence-corrected chi connectivity index (χ1v) is 28.9. The van der Waals surface area contributed by atoms with Gasteiger partial charge in [0.2, 0.25) is 0 Å². The third-order valence-electron chi connectivity index (χ3n) is 5.41. The maximum Gasteiger partial charge on any atom is -0.147 e. The second-order valence-electron chi connectivity index (χ2n) is 10.2. The van der Waals surface area contributed by atoms with Gasteiger partial charge in [-0.05, 0) is 0 Å². The largest absolute Gasteiger partial charge is 0.147 e. The SMILES string of the molecule is C[Si](C)(C)C1=[C]([Zr]([CH3])([CH3])(=[SiH2])[C]2=C([Si](C)(C)C)C=CC2)CC=C1.Cl.Cl. The molecule has 24 heavy (non-hydrogen) atoms. The summed E-state index contributed by atoms with van der Waals surface area (Å²) in [5.41, 5.74) is 0. The summed E-state index contributed by atoms with van der Waals surface area (Å²) in [7, 11) is -2.49. The molecule has 0 heterocycles. The topological polar surface area (TPSA) is 0 Å². The third kappa shape index (κ3) is 4.67. The Balaban J connectivity index is 0.00000264. The van der Waals surface area contributed by atoms with Gasteiger partial charge in [0.25, 0.3) is 0 Å². The normalized spacial score (nSPS) is 18.9. The molecule has 0 saturated heterocycles. The van der Waals surface area contributed by atoms with Gasteiger partial charge in [0.15, 0.2) is 0 Å². The van der Waals surface area contributed by atoms with E-state index in [4.69, 9.17) is 0 Å². The van der Waals surface area contributed by atoms with Crippen LogP contribution in [0.2, 0.25) is 48.5 Å². The molecule has 0 atom stereocenters. The van der Waals surface area contributed by atoms with Gasteiger partial charge in [-0.3, -0.25) is 0 Å². The van der Waals surface area contributed by atoms with Crippen LogP contribution in [0.4, 0.5) is 0 Å². The Morgan fingerprint density at radius 1 is 0.750 bits per heavy atom. The minimum absolute atomic E-state index is 0. The van der Waals surface area contributed by atoms with Gasteiger partial charge >= 0.3 is 143 Å². The molecule has 0 aromatic rings. The summed E-state index contributed by atoms with van der Waals surface area (Å²) in [4.78, 5) is 0. The minimum atomic E-state index is -2.99. The molecule has 0 radical (unpaired) electrons. The predicted octanol–water partition coefficient (Wildman–Crippen LogP) is 6.35. The molecule has 0 fully saturated rings. The second-order valence-corrected chi connectivity index (χ2v) is 49.0. The molecule has 2 rings (SSSR count). The van der Waals surface area contributed by atoms with Crippen LogP contribution in [0.1, 0.15) is 12.8 Å². The van der Waals surface area contributed by atoms with Gasteiger partial charge in [-0.15, -0.1) is 24.8 Å². The first-order chi connectivity index (χ1) is 9.74. The van der Waals surface area contributed by atoms with E-state index >= 15 is 0 Å². The molecule has 0 N–H and O–H groups in total. The molecule has 2 aliphatic rings. The minimum Gasteiger partial charge on any atom is -0.147 e. The first-order valence-electron chi connectivity index (χ1n) is 8.62. The van der Waals surface area contributed by atoms with Crippen molar-refractivity contribution in [2.45, 2.75) is 61.4 Å². The van der Waals surface area contributed by atoms with Crippen LogP contribution in [-0.2, 0) is 17.4 Å². The fourth-order valence-corrected chi connectivity index (χ4v) is 33.0.